The lowest BCUT2D eigenvalue weighted by Gasteiger charge is -2.33. The van der Waals surface area contributed by atoms with E-state index >= 15 is 0 Å². The Morgan fingerprint density at radius 2 is 1.80 bits per heavy atom. The molecule has 1 atom stereocenters. The van der Waals surface area contributed by atoms with Crippen LogP contribution in [0.4, 0.5) is 39.7 Å². The van der Waals surface area contributed by atoms with Crippen LogP contribution in [0, 0.1) is 5.82 Å². The summed E-state index contributed by atoms with van der Waals surface area (Å²) in [7, 11) is 0. The minimum Gasteiger partial charge on any atom is -0.365 e. The van der Waals surface area contributed by atoms with E-state index in [9.17, 15) is 27.2 Å². The number of carbonyl (C=O) groups excluding carboxylic acids is 2. The SMILES string of the molecule is NC(=O)c1c(Nc2cccc(C(F)(F)F)n2)n[nH]c1-c1ccc(NC(=O)N2CCCC(c3cccc(F)c3)C2)cc1. The van der Waals surface area contributed by atoms with Crippen molar-refractivity contribution < 1.29 is 27.2 Å². The molecule has 1 fully saturated rings. The fourth-order valence-corrected chi connectivity index (χ4v) is 4.78. The summed E-state index contributed by atoms with van der Waals surface area (Å²) in [5.41, 5.74) is 6.48. The summed E-state index contributed by atoms with van der Waals surface area (Å²) in [5.74, 6) is -1.39. The summed E-state index contributed by atoms with van der Waals surface area (Å²) in [4.78, 5) is 30.4. The average molecular weight is 568 g/mol. The molecule has 13 heteroatoms. The number of likely N-dealkylation sites (tertiary alicyclic amines) is 1. The van der Waals surface area contributed by atoms with Gasteiger partial charge in [0.2, 0.25) is 0 Å². The number of H-pyrrole nitrogens is 1. The molecule has 0 aliphatic carbocycles. The zero-order valence-corrected chi connectivity index (χ0v) is 21.5. The van der Waals surface area contributed by atoms with E-state index in [1.807, 2.05) is 6.07 Å². The number of amides is 3. The summed E-state index contributed by atoms with van der Waals surface area (Å²) < 4.78 is 52.8. The lowest BCUT2D eigenvalue weighted by molar-refractivity contribution is -0.141. The Labute approximate surface area is 231 Å². The normalized spacial score (nSPS) is 15.4. The first-order chi connectivity index (χ1) is 19.6. The number of pyridine rings is 1. The summed E-state index contributed by atoms with van der Waals surface area (Å²) >= 11 is 0. The zero-order chi connectivity index (χ0) is 29.1. The highest BCUT2D eigenvalue weighted by molar-refractivity contribution is 6.04. The van der Waals surface area contributed by atoms with E-state index in [2.05, 4.69) is 25.8 Å². The molecular formula is C28H25F4N7O2. The number of rotatable bonds is 6. The number of aromatic nitrogens is 3. The molecule has 2 aromatic carbocycles. The van der Waals surface area contributed by atoms with Crippen molar-refractivity contribution in [3.63, 3.8) is 0 Å². The maximum Gasteiger partial charge on any atom is 0.433 e. The van der Waals surface area contributed by atoms with Crippen LogP contribution < -0.4 is 16.4 Å². The van der Waals surface area contributed by atoms with Gasteiger partial charge in [0.15, 0.2) is 5.82 Å². The van der Waals surface area contributed by atoms with Gasteiger partial charge in [-0.25, -0.2) is 14.2 Å². The first kappa shape index (κ1) is 27.6. The van der Waals surface area contributed by atoms with Gasteiger partial charge in [0.05, 0.1) is 5.69 Å². The molecule has 0 saturated carbocycles. The molecule has 9 nitrogen and oxygen atoms in total. The Bertz CT molecular complexity index is 1570. The minimum atomic E-state index is -4.64. The minimum absolute atomic E-state index is 0.0362. The van der Waals surface area contributed by atoms with Gasteiger partial charge in [-0.3, -0.25) is 9.89 Å². The van der Waals surface area contributed by atoms with Gasteiger partial charge in [-0.1, -0.05) is 30.3 Å². The van der Waals surface area contributed by atoms with Gasteiger partial charge < -0.3 is 21.3 Å². The fraction of sp³-hybridized carbons (Fsp3) is 0.214. The van der Waals surface area contributed by atoms with E-state index in [-0.39, 0.29) is 40.7 Å². The second kappa shape index (κ2) is 11.3. The third-order valence-corrected chi connectivity index (χ3v) is 6.75. The van der Waals surface area contributed by atoms with E-state index < -0.39 is 17.8 Å². The Morgan fingerprint density at radius 1 is 1.05 bits per heavy atom. The molecule has 3 amide bonds. The maximum atomic E-state index is 13.7. The van der Waals surface area contributed by atoms with Crippen LogP contribution in [-0.4, -0.2) is 45.1 Å². The standard InChI is InChI=1S/C28H25F4N7O2/c29-19-6-1-4-17(14-19)18-5-3-13-39(15-18)27(41)34-20-11-9-16(10-12-20)24-23(25(33)40)26(38-37-24)36-22-8-2-7-21(35-22)28(30,31)32/h1-2,4,6-12,14,18H,3,5,13,15H2,(H2,33,40)(H,34,41)(H2,35,36,37,38). The number of aromatic amines is 1. The summed E-state index contributed by atoms with van der Waals surface area (Å²) in [6.45, 7) is 1.03. The molecule has 1 aliphatic rings. The van der Waals surface area contributed by atoms with Gasteiger partial charge in [0.1, 0.15) is 22.9 Å². The number of halogens is 4. The fourth-order valence-electron chi connectivity index (χ4n) is 4.78. The van der Waals surface area contributed by atoms with Crippen molar-refractivity contribution >= 4 is 29.3 Å². The van der Waals surface area contributed by atoms with Gasteiger partial charge >= 0.3 is 12.2 Å². The number of benzene rings is 2. The number of nitrogens with zero attached hydrogens (tertiary/aromatic N) is 3. The van der Waals surface area contributed by atoms with Crippen molar-refractivity contribution in [3.05, 3.63) is 89.4 Å². The molecule has 212 valence electrons. The van der Waals surface area contributed by atoms with E-state index in [4.69, 9.17) is 5.73 Å². The maximum absolute atomic E-state index is 13.7. The number of primary amides is 1. The largest absolute Gasteiger partial charge is 0.433 e. The number of hydrogen-bond acceptors (Lipinski definition) is 5. The molecule has 41 heavy (non-hydrogen) atoms. The van der Waals surface area contributed by atoms with Crippen LogP contribution in [0.15, 0.2) is 66.7 Å². The number of urea groups is 1. The van der Waals surface area contributed by atoms with Crippen LogP contribution in [-0.2, 0) is 6.18 Å². The molecule has 1 unspecified atom stereocenters. The van der Waals surface area contributed by atoms with E-state index in [1.165, 1.54) is 24.3 Å². The lowest BCUT2D eigenvalue weighted by Crippen LogP contribution is -2.41. The average Bonchev–Trinajstić information content (AvgIpc) is 3.37. The Morgan fingerprint density at radius 3 is 2.51 bits per heavy atom. The number of nitrogens with one attached hydrogen (secondary N) is 3. The molecule has 2 aromatic heterocycles. The van der Waals surface area contributed by atoms with Crippen LogP contribution in [0.5, 0.6) is 0 Å². The van der Waals surface area contributed by atoms with Gasteiger partial charge in [-0.2, -0.15) is 18.3 Å². The Hall–Kier alpha value is -4.94. The molecule has 0 radical (unpaired) electrons. The first-order valence-electron chi connectivity index (χ1n) is 12.7. The molecular weight excluding hydrogens is 542 g/mol. The number of carbonyl (C=O) groups is 2. The second-order valence-corrected chi connectivity index (χ2v) is 9.56. The molecule has 5 N–H and O–H groups in total. The van der Waals surface area contributed by atoms with Crippen LogP contribution in [0.2, 0.25) is 0 Å². The summed E-state index contributed by atoms with van der Waals surface area (Å²) in [6.07, 6.45) is -3.00. The van der Waals surface area contributed by atoms with Crippen molar-refractivity contribution in [2.45, 2.75) is 24.9 Å². The van der Waals surface area contributed by atoms with Crippen LogP contribution in [0.25, 0.3) is 11.3 Å². The number of nitrogens with two attached hydrogens (primary N) is 1. The van der Waals surface area contributed by atoms with Crippen molar-refractivity contribution in [2.75, 3.05) is 23.7 Å². The summed E-state index contributed by atoms with van der Waals surface area (Å²) in [6, 6.07) is 15.9. The first-order valence-corrected chi connectivity index (χ1v) is 12.7. The Balaban J connectivity index is 1.29. The van der Waals surface area contributed by atoms with Gasteiger partial charge in [-0.05, 0) is 54.8 Å². The highest BCUT2D eigenvalue weighted by atomic mass is 19.4. The predicted molar refractivity (Wildman–Crippen MR) is 144 cm³/mol. The molecule has 3 heterocycles. The van der Waals surface area contributed by atoms with Crippen molar-refractivity contribution in [1.29, 1.82) is 0 Å². The number of hydrogen-bond donors (Lipinski definition) is 4. The van der Waals surface area contributed by atoms with Crippen molar-refractivity contribution in [3.8, 4) is 11.3 Å². The quantitative estimate of drug-likeness (QED) is 0.216. The third-order valence-electron chi connectivity index (χ3n) is 6.75. The molecule has 5 rings (SSSR count). The van der Waals surface area contributed by atoms with E-state index in [1.54, 1.807) is 35.2 Å². The summed E-state index contributed by atoms with van der Waals surface area (Å²) in [5, 5.41) is 12.2. The number of alkyl halides is 3. The lowest BCUT2D eigenvalue weighted by atomic mass is 9.91. The van der Waals surface area contributed by atoms with Crippen LogP contribution in [0.3, 0.4) is 0 Å². The second-order valence-electron chi connectivity index (χ2n) is 9.56. The van der Waals surface area contributed by atoms with Crippen molar-refractivity contribution in [1.82, 2.24) is 20.1 Å². The zero-order valence-electron chi connectivity index (χ0n) is 21.5. The molecule has 4 aromatic rings. The highest BCUT2D eigenvalue weighted by Crippen LogP contribution is 2.32. The monoisotopic (exact) mass is 567 g/mol. The molecule has 1 aliphatic heterocycles. The topological polar surface area (TPSA) is 129 Å². The highest BCUT2D eigenvalue weighted by Gasteiger charge is 2.32. The Kier molecular flexibility index (Phi) is 7.60. The molecule has 0 spiro atoms. The van der Waals surface area contributed by atoms with Crippen molar-refractivity contribution in [2.24, 2.45) is 5.73 Å². The molecule has 1 saturated heterocycles. The number of piperidine rings is 1. The number of anilines is 3. The van der Waals surface area contributed by atoms with E-state index in [0.29, 0.717) is 24.3 Å². The van der Waals surface area contributed by atoms with Gasteiger partial charge in [0, 0.05) is 30.3 Å². The van der Waals surface area contributed by atoms with Gasteiger partial charge in [-0.15, -0.1) is 0 Å². The molecule has 0 bridgehead atoms. The van der Waals surface area contributed by atoms with Gasteiger partial charge in [0.25, 0.3) is 5.91 Å². The smallest absolute Gasteiger partial charge is 0.365 e. The third kappa shape index (κ3) is 6.29. The van der Waals surface area contributed by atoms with Crippen LogP contribution >= 0.6 is 0 Å². The predicted octanol–water partition coefficient (Wildman–Crippen LogP) is 5.88. The van der Waals surface area contributed by atoms with E-state index in [0.717, 1.165) is 24.5 Å². The van der Waals surface area contributed by atoms with Crippen LogP contribution in [0.1, 0.15) is 40.4 Å².